The number of fused-ring (bicyclic) bond motifs is 1. The summed E-state index contributed by atoms with van der Waals surface area (Å²) in [5, 5.41) is 15.3. The molecule has 0 aliphatic carbocycles. The summed E-state index contributed by atoms with van der Waals surface area (Å²) in [5.74, 6) is -0.543. The topological polar surface area (TPSA) is 80.1 Å². The van der Waals surface area contributed by atoms with E-state index in [1.807, 2.05) is 44.2 Å². The zero-order chi connectivity index (χ0) is 18.8. The zero-order valence-corrected chi connectivity index (χ0v) is 15.1. The highest BCUT2D eigenvalue weighted by molar-refractivity contribution is 5.93. The molecule has 2 aromatic carbocycles. The van der Waals surface area contributed by atoms with Crippen LogP contribution in [0.3, 0.4) is 0 Å². The van der Waals surface area contributed by atoms with Gasteiger partial charge in [-0.1, -0.05) is 30.3 Å². The molecule has 134 valence electrons. The van der Waals surface area contributed by atoms with Gasteiger partial charge in [0.05, 0.1) is 10.1 Å². The molecule has 3 rings (SSSR count). The fraction of sp³-hybridized carbons (Fsp3) is 0.250. The smallest absolute Gasteiger partial charge is 0.346 e. The predicted molar refractivity (Wildman–Crippen MR) is 101 cm³/mol. The number of nitrogens with one attached hydrogen (secondary N) is 1. The molecule has 1 heterocycles. The van der Waals surface area contributed by atoms with E-state index >= 15 is 0 Å². The van der Waals surface area contributed by atoms with Gasteiger partial charge in [0.1, 0.15) is 5.52 Å². The summed E-state index contributed by atoms with van der Waals surface area (Å²) in [6, 6.07) is 13.1. The second-order valence-electron chi connectivity index (χ2n) is 6.44. The number of hydrogen-bond donors (Lipinski definition) is 1. The van der Waals surface area contributed by atoms with Crippen LogP contribution < -0.4 is 9.74 Å². The second kappa shape index (κ2) is 7.00. The van der Waals surface area contributed by atoms with Gasteiger partial charge in [0.2, 0.25) is 0 Å². The summed E-state index contributed by atoms with van der Waals surface area (Å²) in [5.41, 5.74) is 3.28. The fourth-order valence-corrected chi connectivity index (χ4v) is 2.96. The summed E-state index contributed by atoms with van der Waals surface area (Å²) >= 11 is 0. The first-order valence-corrected chi connectivity index (χ1v) is 8.49. The molecule has 1 amide bonds. The number of carbonyl (C=O) groups is 1. The highest BCUT2D eigenvalue weighted by Crippen LogP contribution is 2.18. The minimum Gasteiger partial charge on any atom is -0.805 e. The number of amides is 1. The molecule has 1 aromatic heterocycles. The molecule has 0 atom stereocenters. The lowest BCUT2D eigenvalue weighted by Gasteiger charge is -2.17. The van der Waals surface area contributed by atoms with E-state index in [0.717, 1.165) is 16.7 Å². The average molecular weight is 351 g/mol. The van der Waals surface area contributed by atoms with Crippen LogP contribution in [-0.4, -0.2) is 17.2 Å². The van der Waals surface area contributed by atoms with Crippen molar-refractivity contribution in [2.75, 3.05) is 6.54 Å². The SMILES string of the molecule is Cc1cc2c(cc1C)[n+](=O)c(C(=O)NCCc1ccccc1)c(C)n2[O-]. The van der Waals surface area contributed by atoms with Crippen molar-refractivity contribution < 1.29 is 9.22 Å². The lowest BCUT2D eigenvalue weighted by molar-refractivity contribution is -0.468. The molecule has 6 heteroatoms. The number of hydrogen-bond acceptors (Lipinski definition) is 3. The van der Waals surface area contributed by atoms with Gasteiger partial charge in [-0.05, 0) is 49.9 Å². The van der Waals surface area contributed by atoms with Crippen molar-refractivity contribution in [1.29, 1.82) is 0 Å². The molecular formula is C20H21N3O3. The lowest BCUT2D eigenvalue weighted by Crippen LogP contribution is -2.37. The summed E-state index contributed by atoms with van der Waals surface area (Å²) in [6.45, 7) is 5.61. The third-order valence-electron chi connectivity index (χ3n) is 4.64. The third kappa shape index (κ3) is 3.18. The Hall–Kier alpha value is -3.15. The van der Waals surface area contributed by atoms with Gasteiger partial charge in [0.25, 0.3) is 5.52 Å². The highest BCUT2D eigenvalue weighted by atomic mass is 16.5. The van der Waals surface area contributed by atoms with Gasteiger partial charge in [0.15, 0.2) is 0 Å². The van der Waals surface area contributed by atoms with Gasteiger partial charge in [0, 0.05) is 17.5 Å². The average Bonchev–Trinajstić information content (AvgIpc) is 2.62. The van der Waals surface area contributed by atoms with Gasteiger partial charge >= 0.3 is 11.6 Å². The van der Waals surface area contributed by atoms with E-state index in [9.17, 15) is 14.9 Å². The molecule has 0 bridgehead atoms. The quantitative estimate of drug-likeness (QED) is 0.734. The van der Waals surface area contributed by atoms with E-state index < -0.39 is 5.91 Å². The number of carbonyl (C=O) groups excluding carboxylic acids is 1. The number of rotatable bonds is 4. The Balaban J connectivity index is 1.93. The van der Waals surface area contributed by atoms with Crippen LogP contribution in [0, 0.1) is 30.9 Å². The molecule has 6 nitrogen and oxygen atoms in total. The van der Waals surface area contributed by atoms with Crippen molar-refractivity contribution in [1.82, 2.24) is 10.0 Å². The van der Waals surface area contributed by atoms with Gasteiger partial charge in [-0.3, -0.25) is 4.79 Å². The molecule has 0 saturated heterocycles. The van der Waals surface area contributed by atoms with Crippen molar-refractivity contribution in [3.8, 4) is 0 Å². The van der Waals surface area contributed by atoms with Crippen LogP contribution in [0.5, 0.6) is 0 Å². The van der Waals surface area contributed by atoms with E-state index in [4.69, 9.17) is 0 Å². The van der Waals surface area contributed by atoms with Gasteiger partial charge in [-0.15, -0.1) is 0 Å². The van der Waals surface area contributed by atoms with Crippen molar-refractivity contribution in [2.24, 2.45) is 0 Å². The van der Waals surface area contributed by atoms with Crippen molar-refractivity contribution in [3.63, 3.8) is 0 Å². The number of aromatic nitrogens is 2. The van der Waals surface area contributed by atoms with Crippen LogP contribution in [0.15, 0.2) is 42.5 Å². The Morgan fingerprint density at radius 1 is 1.12 bits per heavy atom. The zero-order valence-electron chi connectivity index (χ0n) is 15.1. The van der Waals surface area contributed by atoms with E-state index in [0.29, 0.717) is 22.1 Å². The van der Waals surface area contributed by atoms with Gasteiger partial charge in [-0.25, -0.2) is 0 Å². The van der Waals surface area contributed by atoms with Crippen molar-refractivity contribution in [3.05, 3.63) is 80.7 Å². The van der Waals surface area contributed by atoms with Crippen LogP contribution in [0.2, 0.25) is 0 Å². The molecule has 0 radical (unpaired) electrons. The molecule has 0 unspecified atom stereocenters. The lowest BCUT2D eigenvalue weighted by atomic mass is 10.1. The maximum atomic E-state index is 12.7. The Labute approximate surface area is 151 Å². The second-order valence-corrected chi connectivity index (χ2v) is 6.44. The van der Waals surface area contributed by atoms with Crippen LogP contribution in [-0.2, 0) is 6.42 Å². The van der Waals surface area contributed by atoms with E-state index in [1.165, 1.54) is 6.92 Å². The number of benzene rings is 2. The highest BCUT2D eigenvalue weighted by Gasteiger charge is 2.27. The van der Waals surface area contributed by atoms with Gasteiger partial charge in [-0.2, -0.15) is 0 Å². The molecule has 0 fully saturated rings. The molecule has 0 saturated carbocycles. The Kier molecular flexibility index (Phi) is 4.75. The molecule has 1 N–H and O–H groups in total. The maximum Gasteiger partial charge on any atom is 0.346 e. The van der Waals surface area contributed by atoms with Crippen molar-refractivity contribution in [2.45, 2.75) is 27.2 Å². The molecule has 3 aromatic rings. The largest absolute Gasteiger partial charge is 0.805 e. The summed E-state index contributed by atoms with van der Waals surface area (Å²) < 4.78 is 1.21. The molecule has 0 spiro atoms. The van der Waals surface area contributed by atoms with Crippen LogP contribution in [0.4, 0.5) is 0 Å². The summed E-state index contributed by atoms with van der Waals surface area (Å²) in [6.07, 6.45) is 0.647. The minimum absolute atomic E-state index is 0.0907. The molecule has 26 heavy (non-hydrogen) atoms. The van der Waals surface area contributed by atoms with Crippen LogP contribution in [0.25, 0.3) is 11.0 Å². The Bertz CT molecular complexity index is 1040. The monoisotopic (exact) mass is 351 g/mol. The first kappa shape index (κ1) is 17.7. The normalized spacial score (nSPS) is 10.9. The Morgan fingerprint density at radius 3 is 2.46 bits per heavy atom. The number of aryl methyl sites for hydroxylation is 2. The van der Waals surface area contributed by atoms with E-state index in [-0.39, 0.29) is 22.4 Å². The molecule has 0 aliphatic rings. The fourth-order valence-electron chi connectivity index (χ4n) is 2.96. The Morgan fingerprint density at radius 2 is 1.77 bits per heavy atom. The van der Waals surface area contributed by atoms with Crippen molar-refractivity contribution >= 4 is 16.9 Å². The van der Waals surface area contributed by atoms with E-state index in [2.05, 4.69) is 5.32 Å². The minimum atomic E-state index is -0.543. The van der Waals surface area contributed by atoms with E-state index in [1.54, 1.807) is 12.1 Å². The summed E-state index contributed by atoms with van der Waals surface area (Å²) in [7, 11) is 0. The standard InChI is InChI=1S/C20H21N3O3/c1-13-11-17-18(12-14(13)2)23(26)19(15(3)22(17)25)20(24)21-10-9-16-7-5-4-6-8-16/h4-8,11-12H,9-10H2,1-3H3,(H,21,24). The van der Waals surface area contributed by atoms with Crippen LogP contribution in [0.1, 0.15) is 32.9 Å². The molecular weight excluding hydrogens is 330 g/mol. The maximum absolute atomic E-state index is 12.7. The first-order valence-electron chi connectivity index (χ1n) is 8.49. The molecule has 0 aliphatic heterocycles. The predicted octanol–water partition coefficient (Wildman–Crippen LogP) is 2.80. The van der Waals surface area contributed by atoms with Crippen LogP contribution >= 0.6 is 0 Å². The van der Waals surface area contributed by atoms with Gasteiger partial charge < -0.3 is 15.3 Å². The number of nitrogens with zero attached hydrogens (tertiary/aromatic N) is 2. The third-order valence-corrected chi connectivity index (χ3v) is 4.64. The first-order chi connectivity index (χ1) is 12.4. The summed E-state index contributed by atoms with van der Waals surface area (Å²) in [4.78, 5) is 25.3.